The molecule has 0 saturated carbocycles. The first-order valence-electron chi connectivity index (χ1n) is 10.7. The number of nitrogens with two attached hydrogens (primary N) is 1. The maximum absolute atomic E-state index is 14.1. The van der Waals surface area contributed by atoms with Gasteiger partial charge in [0.15, 0.2) is 5.60 Å². The van der Waals surface area contributed by atoms with Gasteiger partial charge in [-0.15, -0.1) is 0 Å². The second-order valence-corrected chi connectivity index (χ2v) is 8.00. The molecule has 188 valence electrons. The van der Waals surface area contributed by atoms with Crippen LogP contribution in [0.15, 0.2) is 79.0 Å². The number of carbonyl (C=O) groups excluding carboxylic acids is 1. The zero-order chi connectivity index (χ0) is 26.2. The third-order valence-electron chi connectivity index (χ3n) is 5.38. The highest BCUT2D eigenvalue weighted by molar-refractivity contribution is 6.31. The molecular formula is C26H27ClF3NO4. The van der Waals surface area contributed by atoms with E-state index >= 15 is 0 Å². The van der Waals surface area contributed by atoms with Gasteiger partial charge in [0.2, 0.25) is 0 Å². The molecule has 35 heavy (non-hydrogen) atoms. The van der Waals surface area contributed by atoms with Crippen LogP contribution in [0.3, 0.4) is 0 Å². The first kappa shape index (κ1) is 28.0. The highest BCUT2D eigenvalue weighted by Crippen LogP contribution is 2.48. The number of rotatable bonds is 10. The number of ether oxygens (including phenoxy) is 2. The molecule has 0 spiro atoms. The van der Waals surface area contributed by atoms with E-state index in [1.54, 1.807) is 31.2 Å². The molecule has 0 aliphatic rings. The minimum atomic E-state index is -5.03. The first-order chi connectivity index (χ1) is 16.5. The molecule has 2 rings (SSSR count). The van der Waals surface area contributed by atoms with Crippen molar-refractivity contribution in [2.45, 2.75) is 38.1 Å². The number of halogens is 4. The molecule has 0 amide bonds. The van der Waals surface area contributed by atoms with E-state index in [1.807, 2.05) is 0 Å². The summed E-state index contributed by atoms with van der Waals surface area (Å²) in [4.78, 5) is 11.7. The molecule has 5 nitrogen and oxygen atoms in total. The van der Waals surface area contributed by atoms with E-state index in [1.165, 1.54) is 25.1 Å². The van der Waals surface area contributed by atoms with E-state index in [9.17, 15) is 23.1 Å². The lowest BCUT2D eigenvalue weighted by Crippen LogP contribution is -2.50. The molecule has 3 N–H and O–H groups in total. The number of esters is 1. The van der Waals surface area contributed by atoms with Crippen molar-refractivity contribution in [1.29, 1.82) is 0 Å². The zero-order valence-electron chi connectivity index (χ0n) is 19.3. The number of carbonyl (C=O) groups is 1. The van der Waals surface area contributed by atoms with Crippen molar-refractivity contribution < 1.29 is 32.5 Å². The van der Waals surface area contributed by atoms with E-state index in [4.69, 9.17) is 26.8 Å². The summed E-state index contributed by atoms with van der Waals surface area (Å²) >= 11 is 6.31. The summed E-state index contributed by atoms with van der Waals surface area (Å²) in [6, 6.07) is 10.8. The fourth-order valence-electron chi connectivity index (χ4n) is 3.49. The Kier molecular flexibility index (Phi) is 9.56. The van der Waals surface area contributed by atoms with Crippen molar-refractivity contribution in [3.8, 4) is 5.75 Å². The molecule has 2 aromatic carbocycles. The van der Waals surface area contributed by atoms with Crippen molar-refractivity contribution >= 4 is 17.6 Å². The van der Waals surface area contributed by atoms with Gasteiger partial charge in [-0.25, -0.2) is 4.79 Å². The summed E-state index contributed by atoms with van der Waals surface area (Å²) in [6.45, 7) is 6.76. The molecule has 0 fully saturated rings. The Balaban J connectivity index is 2.26. The number of benzene rings is 2. The standard InChI is InChI=1S/C26H27ClF3NO4/c1-4-6-20(13-14-31)25(33,26(28,29)30)17(3)22-12-11-21(15-23(22)27)35-16-18-7-9-19(10-8-18)24(32)34-5-2/h4,6-15,17,33H,1,5,16,31H2,2-3H3/b14-13-,20-6+. The van der Waals surface area contributed by atoms with Crippen LogP contribution in [0.5, 0.6) is 5.75 Å². The number of hydrogen-bond donors (Lipinski definition) is 2. The maximum Gasteiger partial charge on any atom is 0.422 e. The van der Waals surface area contributed by atoms with Gasteiger partial charge in [-0.1, -0.05) is 55.5 Å². The Morgan fingerprint density at radius 2 is 1.89 bits per heavy atom. The molecule has 2 unspecified atom stereocenters. The Labute approximate surface area is 207 Å². The van der Waals surface area contributed by atoms with Gasteiger partial charge in [-0.3, -0.25) is 0 Å². The van der Waals surface area contributed by atoms with E-state index in [0.29, 0.717) is 11.3 Å². The molecule has 0 saturated heterocycles. The average Bonchev–Trinajstić information content (AvgIpc) is 2.81. The van der Waals surface area contributed by atoms with E-state index in [0.717, 1.165) is 30.0 Å². The second-order valence-electron chi connectivity index (χ2n) is 7.59. The van der Waals surface area contributed by atoms with Gasteiger partial charge in [-0.05, 0) is 60.2 Å². The normalized spacial score (nSPS) is 14.9. The molecular weight excluding hydrogens is 483 g/mol. The summed E-state index contributed by atoms with van der Waals surface area (Å²) < 4.78 is 52.9. The fourth-order valence-corrected chi connectivity index (χ4v) is 3.83. The van der Waals surface area contributed by atoms with Crippen LogP contribution in [0, 0.1) is 0 Å². The zero-order valence-corrected chi connectivity index (χ0v) is 20.1. The lowest BCUT2D eigenvalue weighted by molar-refractivity contribution is -0.250. The van der Waals surface area contributed by atoms with Gasteiger partial charge in [0.25, 0.3) is 0 Å². The predicted molar refractivity (Wildman–Crippen MR) is 129 cm³/mol. The minimum absolute atomic E-state index is 0.00925. The van der Waals surface area contributed by atoms with Crippen LogP contribution in [-0.2, 0) is 11.3 Å². The van der Waals surface area contributed by atoms with Crippen molar-refractivity contribution in [3.05, 3.63) is 101 Å². The number of aliphatic hydroxyl groups is 1. The Hall–Kier alpha value is -3.23. The number of alkyl halides is 3. The van der Waals surface area contributed by atoms with Gasteiger partial charge in [0.05, 0.1) is 12.2 Å². The van der Waals surface area contributed by atoms with Gasteiger partial charge in [-0.2, -0.15) is 13.2 Å². The number of hydrogen-bond acceptors (Lipinski definition) is 5. The molecule has 0 aliphatic heterocycles. The van der Waals surface area contributed by atoms with Crippen LogP contribution in [0.4, 0.5) is 13.2 Å². The summed E-state index contributed by atoms with van der Waals surface area (Å²) in [5.74, 6) is -1.59. The van der Waals surface area contributed by atoms with Crippen molar-refractivity contribution in [2.24, 2.45) is 5.73 Å². The summed E-state index contributed by atoms with van der Waals surface area (Å²) in [7, 11) is 0. The average molecular weight is 510 g/mol. The van der Waals surface area contributed by atoms with Crippen LogP contribution in [0.2, 0.25) is 5.02 Å². The van der Waals surface area contributed by atoms with Crippen molar-refractivity contribution in [1.82, 2.24) is 0 Å². The third-order valence-corrected chi connectivity index (χ3v) is 5.71. The van der Waals surface area contributed by atoms with E-state index in [-0.39, 0.29) is 23.8 Å². The van der Waals surface area contributed by atoms with Crippen LogP contribution >= 0.6 is 11.6 Å². The Bertz CT molecular complexity index is 1100. The van der Waals surface area contributed by atoms with Gasteiger partial charge >= 0.3 is 12.1 Å². The van der Waals surface area contributed by atoms with E-state index in [2.05, 4.69) is 6.58 Å². The molecule has 0 aromatic heterocycles. The molecule has 0 bridgehead atoms. The molecule has 2 atom stereocenters. The van der Waals surface area contributed by atoms with Crippen LogP contribution < -0.4 is 10.5 Å². The number of allylic oxidation sites excluding steroid dienone is 2. The predicted octanol–water partition coefficient (Wildman–Crippen LogP) is 6.08. The van der Waals surface area contributed by atoms with Crippen molar-refractivity contribution in [3.63, 3.8) is 0 Å². The molecule has 0 heterocycles. The SMILES string of the molecule is C=C/C=C(\C=C/N)C(O)(C(C)c1ccc(OCc2ccc(C(=O)OCC)cc2)cc1Cl)C(F)(F)F. The Morgan fingerprint density at radius 1 is 1.23 bits per heavy atom. The summed E-state index contributed by atoms with van der Waals surface area (Å²) in [6.07, 6.45) is -0.960. The topological polar surface area (TPSA) is 81.8 Å². The lowest BCUT2D eigenvalue weighted by Gasteiger charge is -2.37. The van der Waals surface area contributed by atoms with Gasteiger partial charge in [0, 0.05) is 10.9 Å². The molecule has 0 aliphatic carbocycles. The maximum atomic E-state index is 14.1. The quantitative estimate of drug-likeness (QED) is 0.300. The largest absolute Gasteiger partial charge is 0.489 e. The monoisotopic (exact) mass is 509 g/mol. The highest BCUT2D eigenvalue weighted by Gasteiger charge is 2.59. The molecule has 2 aromatic rings. The van der Waals surface area contributed by atoms with Crippen LogP contribution in [0.1, 0.15) is 41.3 Å². The highest BCUT2D eigenvalue weighted by atomic mass is 35.5. The minimum Gasteiger partial charge on any atom is -0.489 e. The third kappa shape index (κ3) is 6.46. The van der Waals surface area contributed by atoms with Crippen molar-refractivity contribution in [2.75, 3.05) is 6.61 Å². The van der Waals surface area contributed by atoms with Gasteiger partial charge < -0.3 is 20.3 Å². The Morgan fingerprint density at radius 3 is 2.40 bits per heavy atom. The second kappa shape index (κ2) is 12.0. The first-order valence-corrected chi connectivity index (χ1v) is 11.1. The lowest BCUT2D eigenvalue weighted by atomic mass is 9.77. The smallest absolute Gasteiger partial charge is 0.422 e. The van der Waals surface area contributed by atoms with Gasteiger partial charge in [0.1, 0.15) is 12.4 Å². The summed E-state index contributed by atoms with van der Waals surface area (Å²) in [5, 5.41) is 10.9. The molecule has 9 heteroatoms. The fraction of sp³-hybridized carbons (Fsp3) is 0.269. The van der Waals surface area contributed by atoms with E-state index < -0.39 is 29.2 Å². The summed E-state index contributed by atoms with van der Waals surface area (Å²) in [5.41, 5.74) is 2.79. The van der Waals surface area contributed by atoms with Crippen LogP contribution in [-0.4, -0.2) is 29.5 Å². The molecule has 0 radical (unpaired) electrons. The van der Waals surface area contributed by atoms with Crippen LogP contribution in [0.25, 0.3) is 0 Å².